The number of amides is 2. The number of halogens is 1. The summed E-state index contributed by atoms with van der Waals surface area (Å²) in [6.07, 6.45) is 3.16. The SMILES string of the molecule is CC(=O)N[C@H](C)C(=O)N1CCC(Oc2ncnc(Oc3ccc(S(C)(=O)=O)cc3F)c2C)CC1. The third-order valence-corrected chi connectivity index (χ3v) is 6.46. The average Bonchev–Trinajstić information content (AvgIpc) is 2.76. The van der Waals surface area contributed by atoms with Crippen molar-refractivity contribution < 1.29 is 31.9 Å². The third-order valence-electron chi connectivity index (χ3n) is 5.35. The maximum atomic E-state index is 14.4. The largest absolute Gasteiger partial charge is 0.474 e. The van der Waals surface area contributed by atoms with E-state index in [0.717, 1.165) is 12.3 Å². The Labute approximate surface area is 197 Å². The van der Waals surface area contributed by atoms with Gasteiger partial charge in [-0.15, -0.1) is 0 Å². The summed E-state index contributed by atoms with van der Waals surface area (Å²) in [6, 6.07) is 2.78. The van der Waals surface area contributed by atoms with Crippen LogP contribution in [0.2, 0.25) is 0 Å². The van der Waals surface area contributed by atoms with Crippen LogP contribution < -0.4 is 14.8 Å². The molecule has 34 heavy (non-hydrogen) atoms. The van der Waals surface area contributed by atoms with Crippen LogP contribution in [-0.2, 0) is 19.4 Å². The molecular weight excluding hydrogens is 467 g/mol. The van der Waals surface area contributed by atoms with Gasteiger partial charge in [0.15, 0.2) is 21.4 Å². The van der Waals surface area contributed by atoms with Crippen molar-refractivity contribution in [2.24, 2.45) is 0 Å². The van der Waals surface area contributed by atoms with Gasteiger partial charge in [0.1, 0.15) is 18.5 Å². The number of rotatable bonds is 7. The van der Waals surface area contributed by atoms with Crippen LogP contribution >= 0.6 is 0 Å². The summed E-state index contributed by atoms with van der Waals surface area (Å²) in [5.41, 5.74) is 0.451. The van der Waals surface area contributed by atoms with E-state index in [1.54, 1.807) is 18.7 Å². The van der Waals surface area contributed by atoms with Crippen molar-refractivity contribution in [3.05, 3.63) is 35.9 Å². The fraction of sp³-hybridized carbons (Fsp3) is 0.455. The van der Waals surface area contributed by atoms with Gasteiger partial charge in [0.25, 0.3) is 0 Å². The third kappa shape index (κ3) is 6.19. The number of likely N-dealkylation sites (tertiary alicyclic amines) is 1. The molecule has 1 N–H and O–H groups in total. The van der Waals surface area contributed by atoms with Crippen molar-refractivity contribution in [1.29, 1.82) is 0 Å². The normalized spacial score (nSPS) is 15.5. The topological polar surface area (TPSA) is 128 Å². The van der Waals surface area contributed by atoms with E-state index < -0.39 is 21.7 Å². The minimum atomic E-state index is -3.55. The molecule has 1 aromatic carbocycles. The second kappa shape index (κ2) is 10.3. The van der Waals surface area contributed by atoms with Crippen molar-refractivity contribution in [2.45, 2.75) is 50.7 Å². The van der Waals surface area contributed by atoms with Gasteiger partial charge in [-0.05, 0) is 32.0 Å². The molecule has 0 bridgehead atoms. The van der Waals surface area contributed by atoms with Crippen LogP contribution in [0.3, 0.4) is 0 Å². The van der Waals surface area contributed by atoms with E-state index in [1.165, 1.54) is 25.4 Å². The number of carbonyl (C=O) groups is 2. The van der Waals surface area contributed by atoms with Crippen LogP contribution in [0.25, 0.3) is 0 Å². The highest BCUT2D eigenvalue weighted by Crippen LogP contribution is 2.31. The smallest absolute Gasteiger partial charge is 0.244 e. The van der Waals surface area contributed by atoms with Gasteiger partial charge in [0, 0.05) is 39.1 Å². The van der Waals surface area contributed by atoms with Crippen LogP contribution in [0.1, 0.15) is 32.3 Å². The Balaban J connectivity index is 1.64. The van der Waals surface area contributed by atoms with E-state index in [0.29, 0.717) is 31.5 Å². The number of carbonyl (C=O) groups excluding carboxylic acids is 2. The summed E-state index contributed by atoms with van der Waals surface area (Å²) < 4.78 is 49.1. The van der Waals surface area contributed by atoms with Crippen molar-refractivity contribution in [3.8, 4) is 17.5 Å². The van der Waals surface area contributed by atoms with Crippen LogP contribution in [0.4, 0.5) is 4.39 Å². The van der Waals surface area contributed by atoms with Crippen LogP contribution in [-0.4, -0.2) is 66.6 Å². The molecule has 10 nitrogen and oxygen atoms in total. The first-order valence-electron chi connectivity index (χ1n) is 10.7. The van der Waals surface area contributed by atoms with E-state index in [9.17, 15) is 22.4 Å². The molecule has 0 radical (unpaired) electrons. The zero-order chi connectivity index (χ0) is 25.0. The fourth-order valence-corrected chi connectivity index (χ4v) is 4.16. The second-order valence-electron chi connectivity index (χ2n) is 8.14. The van der Waals surface area contributed by atoms with Crippen molar-refractivity contribution >= 4 is 21.7 Å². The molecule has 0 saturated carbocycles. The van der Waals surface area contributed by atoms with Gasteiger partial charge >= 0.3 is 0 Å². The molecule has 1 aromatic heterocycles. The fourth-order valence-electron chi connectivity index (χ4n) is 3.53. The highest BCUT2D eigenvalue weighted by Gasteiger charge is 2.28. The predicted molar refractivity (Wildman–Crippen MR) is 120 cm³/mol. The number of piperidine rings is 1. The molecule has 1 atom stereocenters. The van der Waals surface area contributed by atoms with Gasteiger partial charge in [-0.2, -0.15) is 0 Å². The lowest BCUT2D eigenvalue weighted by Crippen LogP contribution is -2.50. The molecule has 2 heterocycles. The van der Waals surface area contributed by atoms with Gasteiger partial charge in [-0.25, -0.2) is 22.8 Å². The minimum Gasteiger partial charge on any atom is -0.474 e. The van der Waals surface area contributed by atoms with Crippen LogP contribution in [0.5, 0.6) is 17.5 Å². The number of hydrogen-bond acceptors (Lipinski definition) is 8. The summed E-state index contributed by atoms with van der Waals surface area (Å²) in [4.78, 5) is 33.3. The second-order valence-corrected chi connectivity index (χ2v) is 10.2. The lowest BCUT2D eigenvalue weighted by Gasteiger charge is -2.33. The number of nitrogens with zero attached hydrogens (tertiary/aromatic N) is 3. The van der Waals surface area contributed by atoms with Gasteiger partial charge in [0.05, 0.1) is 10.5 Å². The maximum absolute atomic E-state index is 14.4. The molecule has 0 aliphatic carbocycles. The molecule has 12 heteroatoms. The molecule has 1 aliphatic rings. The monoisotopic (exact) mass is 494 g/mol. The van der Waals surface area contributed by atoms with Gasteiger partial charge in [0.2, 0.25) is 23.6 Å². The van der Waals surface area contributed by atoms with E-state index >= 15 is 0 Å². The Kier molecular flexibility index (Phi) is 7.70. The molecule has 0 unspecified atom stereocenters. The Bertz CT molecular complexity index is 1180. The first-order valence-corrected chi connectivity index (χ1v) is 12.6. The molecule has 1 fully saturated rings. The van der Waals surface area contributed by atoms with Crippen LogP contribution in [0.15, 0.2) is 29.4 Å². The summed E-state index contributed by atoms with van der Waals surface area (Å²) in [5, 5.41) is 2.59. The molecular formula is C22H27FN4O6S. The lowest BCUT2D eigenvalue weighted by atomic mass is 10.1. The number of nitrogens with one attached hydrogen (secondary N) is 1. The zero-order valence-corrected chi connectivity index (χ0v) is 20.2. The maximum Gasteiger partial charge on any atom is 0.244 e. The lowest BCUT2D eigenvalue weighted by molar-refractivity contribution is -0.137. The summed E-state index contributed by atoms with van der Waals surface area (Å²) in [7, 11) is -3.55. The van der Waals surface area contributed by atoms with E-state index in [1.807, 2.05) is 0 Å². The molecule has 0 spiro atoms. The number of ether oxygens (including phenoxy) is 2. The first-order chi connectivity index (χ1) is 16.0. The molecule has 2 aromatic rings. The first kappa shape index (κ1) is 25.3. The number of hydrogen-bond donors (Lipinski definition) is 1. The van der Waals surface area contributed by atoms with Crippen molar-refractivity contribution in [2.75, 3.05) is 19.3 Å². The van der Waals surface area contributed by atoms with E-state index in [4.69, 9.17) is 9.47 Å². The number of sulfone groups is 1. The standard InChI is InChI=1S/C22H27FN4O6S/c1-13-20(32-16-7-9-27(10-8-16)22(29)14(2)26-15(3)28)24-12-25-21(13)33-19-6-5-17(11-18(19)23)34(4,30)31/h5-6,11-12,14,16H,7-10H2,1-4H3,(H,26,28)/t14-/m1/s1. The van der Waals surface area contributed by atoms with Gasteiger partial charge in [-0.3, -0.25) is 9.59 Å². The highest BCUT2D eigenvalue weighted by molar-refractivity contribution is 7.90. The van der Waals surface area contributed by atoms with Crippen LogP contribution in [0, 0.1) is 12.7 Å². The van der Waals surface area contributed by atoms with E-state index in [-0.39, 0.29) is 40.3 Å². The average molecular weight is 495 g/mol. The quantitative estimate of drug-likeness (QED) is 0.619. The van der Waals surface area contributed by atoms with E-state index in [2.05, 4.69) is 15.3 Å². The Morgan fingerprint density at radius 3 is 2.44 bits per heavy atom. The van der Waals surface area contributed by atoms with Gasteiger partial charge < -0.3 is 19.7 Å². The summed E-state index contributed by atoms with van der Waals surface area (Å²) in [5.74, 6) is -1.08. The molecule has 3 rings (SSSR count). The summed E-state index contributed by atoms with van der Waals surface area (Å²) in [6.45, 7) is 5.62. The summed E-state index contributed by atoms with van der Waals surface area (Å²) >= 11 is 0. The predicted octanol–water partition coefficient (Wildman–Crippen LogP) is 2.01. The van der Waals surface area contributed by atoms with Crippen molar-refractivity contribution in [3.63, 3.8) is 0 Å². The Morgan fingerprint density at radius 1 is 1.21 bits per heavy atom. The Morgan fingerprint density at radius 2 is 1.85 bits per heavy atom. The zero-order valence-electron chi connectivity index (χ0n) is 19.4. The number of aromatic nitrogens is 2. The molecule has 2 amide bonds. The highest BCUT2D eigenvalue weighted by atomic mass is 32.2. The van der Waals surface area contributed by atoms with Crippen molar-refractivity contribution in [1.82, 2.24) is 20.2 Å². The molecule has 184 valence electrons. The Hall–Kier alpha value is -3.28. The van der Waals surface area contributed by atoms with Gasteiger partial charge in [-0.1, -0.05) is 0 Å². The molecule has 1 aliphatic heterocycles. The molecule has 1 saturated heterocycles. The minimum absolute atomic E-state index is 0.0766. The number of benzene rings is 1.